The number of para-hydroxylation sites is 1. The normalized spacial score (nSPS) is 12.2. The number of nitro groups is 1. The van der Waals surface area contributed by atoms with Crippen LogP contribution in [0.15, 0.2) is 24.3 Å². The van der Waals surface area contributed by atoms with Gasteiger partial charge in [0.25, 0.3) is 18.0 Å². The highest BCUT2D eigenvalue weighted by atomic mass is 19.3. The molecule has 1 unspecified atom stereocenters. The van der Waals surface area contributed by atoms with Gasteiger partial charge >= 0.3 is 0 Å². The molecule has 0 radical (unpaired) electrons. The molecule has 0 heterocycles. The van der Waals surface area contributed by atoms with Gasteiger partial charge in [0.05, 0.1) is 4.92 Å². The van der Waals surface area contributed by atoms with Gasteiger partial charge in [0.1, 0.15) is 11.7 Å². The lowest BCUT2D eigenvalue weighted by Gasteiger charge is -2.10. The van der Waals surface area contributed by atoms with Crippen LogP contribution >= 0.6 is 0 Å². The van der Waals surface area contributed by atoms with Gasteiger partial charge in [-0.2, -0.15) is 0 Å². The maximum atomic E-state index is 12.0. The third kappa shape index (κ3) is 3.45. The average Bonchev–Trinajstić information content (AvgIpc) is 2.35. The molecule has 0 bridgehead atoms. The van der Waals surface area contributed by atoms with Crippen molar-refractivity contribution in [2.45, 2.75) is 12.5 Å². The third-order valence-corrected chi connectivity index (χ3v) is 2.11. The highest BCUT2D eigenvalue weighted by Crippen LogP contribution is 2.17. The monoisotopic (exact) mass is 260 g/mol. The number of carbonyl (C=O) groups excluding carboxylic acids is 1. The maximum Gasteiger partial charge on any atom is 0.282 e. The van der Waals surface area contributed by atoms with Crippen LogP contribution < -0.4 is 5.32 Å². The van der Waals surface area contributed by atoms with E-state index in [1.807, 2.05) is 5.32 Å². The van der Waals surface area contributed by atoms with E-state index in [1.54, 1.807) is 0 Å². The molecule has 2 N–H and O–H groups in total. The number of carbonyl (C=O) groups is 1. The number of rotatable bonds is 5. The molecule has 0 saturated heterocycles. The van der Waals surface area contributed by atoms with Crippen molar-refractivity contribution in [2.75, 3.05) is 6.54 Å². The van der Waals surface area contributed by atoms with Crippen LogP contribution in [-0.4, -0.2) is 35.0 Å². The molecule has 0 fully saturated rings. The number of aliphatic hydroxyl groups excluding tert-OH is 1. The highest BCUT2D eigenvalue weighted by Gasteiger charge is 2.22. The Hall–Kier alpha value is -2.09. The second kappa shape index (κ2) is 6.01. The number of halogens is 2. The van der Waals surface area contributed by atoms with Crippen LogP contribution in [0.25, 0.3) is 0 Å². The van der Waals surface area contributed by atoms with Crippen LogP contribution in [0.2, 0.25) is 0 Å². The van der Waals surface area contributed by atoms with E-state index >= 15 is 0 Å². The molecule has 6 nitrogen and oxygen atoms in total. The minimum atomic E-state index is -2.99. The minimum absolute atomic E-state index is 0.246. The molecular weight excluding hydrogens is 250 g/mol. The number of hydrogen-bond donors (Lipinski definition) is 2. The van der Waals surface area contributed by atoms with Crippen molar-refractivity contribution in [2.24, 2.45) is 0 Å². The van der Waals surface area contributed by atoms with Gasteiger partial charge in [0.15, 0.2) is 0 Å². The molecular formula is C10H10F2N2O4. The van der Waals surface area contributed by atoms with Crippen molar-refractivity contribution in [3.05, 3.63) is 39.9 Å². The van der Waals surface area contributed by atoms with Crippen molar-refractivity contribution in [3.63, 3.8) is 0 Å². The summed E-state index contributed by atoms with van der Waals surface area (Å²) in [6, 6.07) is 5.11. The molecule has 18 heavy (non-hydrogen) atoms. The van der Waals surface area contributed by atoms with Crippen molar-refractivity contribution >= 4 is 11.6 Å². The van der Waals surface area contributed by atoms with Crippen molar-refractivity contribution < 1.29 is 23.6 Å². The van der Waals surface area contributed by atoms with Gasteiger partial charge in [0, 0.05) is 12.6 Å². The zero-order valence-corrected chi connectivity index (χ0v) is 9.05. The molecule has 0 aliphatic rings. The molecule has 1 atom stereocenters. The van der Waals surface area contributed by atoms with Gasteiger partial charge in [0.2, 0.25) is 0 Å². The molecule has 0 aromatic heterocycles. The molecule has 0 saturated carbocycles. The number of nitrogens with zero attached hydrogens (tertiary/aromatic N) is 1. The summed E-state index contributed by atoms with van der Waals surface area (Å²) in [7, 11) is 0. The second-order valence-electron chi connectivity index (χ2n) is 3.39. The van der Waals surface area contributed by atoms with Crippen LogP contribution in [0.5, 0.6) is 0 Å². The summed E-state index contributed by atoms with van der Waals surface area (Å²) in [5.74, 6) is -0.887. The molecule has 1 aromatic carbocycles. The lowest BCUT2D eigenvalue weighted by Crippen LogP contribution is -2.36. The van der Waals surface area contributed by atoms with Gasteiger partial charge in [-0.25, -0.2) is 8.78 Å². The zero-order valence-electron chi connectivity index (χ0n) is 9.05. The lowest BCUT2D eigenvalue weighted by atomic mass is 10.1. The lowest BCUT2D eigenvalue weighted by molar-refractivity contribution is -0.385. The summed E-state index contributed by atoms with van der Waals surface area (Å²) >= 11 is 0. The molecule has 98 valence electrons. The summed E-state index contributed by atoms with van der Waals surface area (Å²) in [6.07, 6.45) is -4.99. The fourth-order valence-corrected chi connectivity index (χ4v) is 1.21. The number of hydrogen-bond acceptors (Lipinski definition) is 4. The molecule has 0 aliphatic heterocycles. The first kappa shape index (κ1) is 14.0. The van der Waals surface area contributed by atoms with Crippen LogP contribution in [0, 0.1) is 10.1 Å². The predicted octanol–water partition coefficient (Wildman–Crippen LogP) is 0.951. The first-order valence-corrected chi connectivity index (χ1v) is 4.91. The van der Waals surface area contributed by atoms with Gasteiger partial charge < -0.3 is 10.4 Å². The summed E-state index contributed by atoms with van der Waals surface area (Å²) in [5.41, 5.74) is -0.675. The molecule has 8 heteroatoms. The summed E-state index contributed by atoms with van der Waals surface area (Å²) in [5, 5.41) is 21.4. The Morgan fingerprint density at radius 1 is 1.44 bits per heavy atom. The first-order valence-electron chi connectivity index (χ1n) is 4.91. The summed E-state index contributed by atoms with van der Waals surface area (Å²) < 4.78 is 24.0. The van der Waals surface area contributed by atoms with Gasteiger partial charge in [-0.3, -0.25) is 14.9 Å². The molecule has 0 spiro atoms. The van der Waals surface area contributed by atoms with E-state index < -0.39 is 35.6 Å². The minimum Gasteiger partial charge on any atom is -0.385 e. The zero-order chi connectivity index (χ0) is 13.7. The maximum absolute atomic E-state index is 12.0. The molecule has 1 amide bonds. The highest BCUT2D eigenvalue weighted by molar-refractivity contribution is 5.98. The quantitative estimate of drug-likeness (QED) is 0.609. The average molecular weight is 260 g/mol. The fourth-order valence-electron chi connectivity index (χ4n) is 1.21. The SMILES string of the molecule is O=C(NCC(O)C(F)F)c1ccccc1[N+](=O)[O-]. The number of nitrogens with one attached hydrogen (secondary N) is 1. The Labute approximate surface area is 100 Å². The summed E-state index contributed by atoms with van der Waals surface area (Å²) in [6.45, 7) is -0.678. The van der Waals surface area contributed by atoms with Crippen LogP contribution in [0.4, 0.5) is 14.5 Å². The number of benzene rings is 1. The van der Waals surface area contributed by atoms with Gasteiger partial charge in [-0.05, 0) is 6.07 Å². The Morgan fingerprint density at radius 2 is 2.06 bits per heavy atom. The Bertz CT molecular complexity index is 453. The Kier molecular flexibility index (Phi) is 4.67. The van der Waals surface area contributed by atoms with E-state index in [1.165, 1.54) is 18.2 Å². The topological polar surface area (TPSA) is 92.5 Å². The Morgan fingerprint density at radius 3 is 2.61 bits per heavy atom. The fraction of sp³-hybridized carbons (Fsp3) is 0.300. The van der Waals surface area contributed by atoms with Crippen molar-refractivity contribution in [1.29, 1.82) is 0 Å². The second-order valence-corrected chi connectivity index (χ2v) is 3.39. The van der Waals surface area contributed by atoms with E-state index in [0.29, 0.717) is 0 Å². The number of nitro benzene ring substituents is 1. The number of amides is 1. The smallest absolute Gasteiger partial charge is 0.282 e. The standard InChI is InChI=1S/C10H10F2N2O4/c11-9(12)8(15)5-13-10(16)6-3-1-2-4-7(6)14(17)18/h1-4,8-9,15H,5H2,(H,13,16). The van der Waals surface area contributed by atoms with Crippen LogP contribution in [0.3, 0.4) is 0 Å². The van der Waals surface area contributed by atoms with Crippen molar-refractivity contribution in [1.82, 2.24) is 5.32 Å². The largest absolute Gasteiger partial charge is 0.385 e. The van der Waals surface area contributed by atoms with E-state index in [2.05, 4.69) is 0 Å². The van der Waals surface area contributed by atoms with E-state index in [9.17, 15) is 23.7 Å². The Balaban J connectivity index is 2.76. The van der Waals surface area contributed by atoms with Gasteiger partial charge in [-0.15, -0.1) is 0 Å². The third-order valence-electron chi connectivity index (χ3n) is 2.11. The van der Waals surface area contributed by atoms with Crippen LogP contribution in [0.1, 0.15) is 10.4 Å². The molecule has 0 aliphatic carbocycles. The van der Waals surface area contributed by atoms with E-state index in [-0.39, 0.29) is 5.56 Å². The first-order chi connectivity index (χ1) is 8.43. The predicted molar refractivity (Wildman–Crippen MR) is 57.4 cm³/mol. The molecule has 1 rings (SSSR count). The van der Waals surface area contributed by atoms with E-state index in [4.69, 9.17) is 5.11 Å². The van der Waals surface area contributed by atoms with Crippen LogP contribution in [-0.2, 0) is 0 Å². The summed E-state index contributed by atoms with van der Waals surface area (Å²) in [4.78, 5) is 21.4. The number of aliphatic hydroxyl groups is 1. The van der Waals surface area contributed by atoms with E-state index in [0.717, 1.165) is 6.07 Å². The van der Waals surface area contributed by atoms with Crippen molar-refractivity contribution in [3.8, 4) is 0 Å². The number of alkyl halides is 2. The molecule has 1 aromatic rings. The van der Waals surface area contributed by atoms with Gasteiger partial charge in [-0.1, -0.05) is 12.1 Å².